The van der Waals surface area contributed by atoms with Crippen LogP contribution in [0.4, 0.5) is 4.79 Å². The lowest BCUT2D eigenvalue weighted by Crippen LogP contribution is -2.40. The minimum Gasteiger partial charge on any atom is -0.338 e. The first kappa shape index (κ1) is 13.7. The minimum atomic E-state index is 0.0329. The zero-order valence-electron chi connectivity index (χ0n) is 11.5. The topological polar surface area (TPSA) is 41.1 Å². The molecule has 18 heavy (non-hydrogen) atoms. The Kier molecular flexibility index (Phi) is 5.82. The van der Waals surface area contributed by atoms with Gasteiger partial charge in [-0.3, -0.25) is 0 Å². The molecular formula is C15H28N2O. The van der Waals surface area contributed by atoms with E-state index in [0.717, 1.165) is 31.3 Å². The lowest BCUT2D eigenvalue weighted by Gasteiger charge is -2.25. The maximum atomic E-state index is 11.5. The molecule has 0 aromatic heterocycles. The summed E-state index contributed by atoms with van der Waals surface area (Å²) in [6, 6.07) is 0.0329. The number of hydrogen-bond acceptors (Lipinski definition) is 1. The van der Waals surface area contributed by atoms with Gasteiger partial charge in [-0.1, -0.05) is 38.5 Å². The van der Waals surface area contributed by atoms with E-state index in [1.807, 2.05) is 0 Å². The van der Waals surface area contributed by atoms with Crippen molar-refractivity contribution in [1.29, 1.82) is 0 Å². The van der Waals surface area contributed by atoms with Gasteiger partial charge >= 0.3 is 6.03 Å². The van der Waals surface area contributed by atoms with E-state index in [4.69, 9.17) is 0 Å². The van der Waals surface area contributed by atoms with Crippen molar-refractivity contribution in [3.8, 4) is 0 Å². The first-order valence-corrected chi connectivity index (χ1v) is 7.86. The Morgan fingerprint density at radius 2 is 1.61 bits per heavy atom. The van der Waals surface area contributed by atoms with Crippen molar-refractivity contribution < 1.29 is 4.79 Å². The first-order valence-electron chi connectivity index (χ1n) is 7.86. The summed E-state index contributed by atoms with van der Waals surface area (Å²) >= 11 is 0. The van der Waals surface area contributed by atoms with Gasteiger partial charge in [0.2, 0.25) is 0 Å². The Morgan fingerprint density at radius 1 is 0.889 bits per heavy atom. The largest absolute Gasteiger partial charge is 0.338 e. The summed E-state index contributed by atoms with van der Waals surface area (Å²) in [6.45, 7) is 1.71. The molecule has 0 atom stereocenters. The highest BCUT2D eigenvalue weighted by Gasteiger charge is 2.17. The summed E-state index contributed by atoms with van der Waals surface area (Å²) < 4.78 is 0. The van der Waals surface area contributed by atoms with Gasteiger partial charge in [0, 0.05) is 13.1 Å². The van der Waals surface area contributed by atoms with E-state index in [2.05, 4.69) is 10.6 Å². The van der Waals surface area contributed by atoms with Crippen molar-refractivity contribution in [2.24, 2.45) is 11.8 Å². The molecule has 104 valence electrons. The van der Waals surface area contributed by atoms with Crippen molar-refractivity contribution in [2.75, 3.05) is 13.1 Å². The van der Waals surface area contributed by atoms with Crippen molar-refractivity contribution in [3.05, 3.63) is 0 Å². The fourth-order valence-electron chi connectivity index (χ4n) is 3.06. The summed E-state index contributed by atoms with van der Waals surface area (Å²) in [6.07, 6.45) is 13.4. The van der Waals surface area contributed by atoms with Crippen LogP contribution in [0.2, 0.25) is 0 Å². The zero-order chi connectivity index (χ0) is 12.6. The van der Waals surface area contributed by atoms with E-state index in [9.17, 15) is 4.79 Å². The summed E-state index contributed by atoms with van der Waals surface area (Å²) in [5.74, 6) is 1.68. The molecule has 2 rings (SSSR count). The van der Waals surface area contributed by atoms with Gasteiger partial charge in [-0.15, -0.1) is 0 Å². The van der Waals surface area contributed by atoms with Gasteiger partial charge in [-0.05, 0) is 37.5 Å². The van der Waals surface area contributed by atoms with Gasteiger partial charge < -0.3 is 10.6 Å². The normalized spacial score (nSPS) is 21.3. The van der Waals surface area contributed by atoms with Gasteiger partial charge in [-0.2, -0.15) is 0 Å². The van der Waals surface area contributed by atoms with Gasteiger partial charge in [0.25, 0.3) is 0 Å². The molecule has 2 aliphatic rings. The Bertz CT molecular complexity index is 245. The van der Waals surface area contributed by atoms with E-state index in [-0.39, 0.29) is 6.03 Å². The Hall–Kier alpha value is -0.730. The summed E-state index contributed by atoms with van der Waals surface area (Å²) in [4.78, 5) is 11.5. The SMILES string of the molecule is O=C(NCCCC1CCCCC1)NCC1CCC1. The molecule has 2 aliphatic carbocycles. The van der Waals surface area contributed by atoms with Gasteiger partial charge in [0.1, 0.15) is 0 Å². The monoisotopic (exact) mass is 252 g/mol. The van der Waals surface area contributed by atoms with Crippen molar-refractivity contribution in [3.63, 3.8) is 0 Å². The number of amides is 2. The van der Waals surface area contributed by atoms with Crippen LogP contribution >= 0.6 is 0 Å². The van der Waals surface area contributed by atoms with Crippen LogP contribution in [-0.4, -0.2) is 19.1 Å². The number of hydrogen-bond donors (Lipinski definition) is 2. The summed E-state index contributed by atoms with van der Waals surface area (Å²) in [5.41, 5.74) is 0. The highest BCUT2D eigenvalue weighted by molar-refractivity contribution is 5.73. The third-order valence-corrected chi connectivity index (χ3v) is 4.58. The molecule has 0 aliphatic heterocycles. The fraction of sp³-hybridized carbons (Fsp3) is 0.933. The van der Waals surface area contributed by atoms with E-state index in [1.54, 1.807) is 0 Å². The molecule has 0 saturated heterocycles. The lowest BCUT2D eigenvalue weighted by molar-refractivity contribution is 0.231. The molecule has 2 fully saturated rings. The fourth-order valence-corrected chi connectivity index (χ4v) is 3.06. The van der Waals surface area contributed by atoms with Crippen molar-refractivity contribution in [2.45, 2.75) is 64.2 Å². The quantitative estimate of drug-likeness (QED) is 0.698. The number of carbonyl (C=O) groups is 1. The van der Waals surface area contributed by atoms with Gasteiger partial charge in [0.05, 0.1) is 0 Å². The molecule has 0 aromatic rings. The molecule has 2 N–H and O–H groups in total. The Labute approximate surface area is 111 Å². The Balaban J connectivity index is 1.42. The van der Waals surface area contributed by atoms with Crippen LogP contribution < -0.4 is 10.6 Å². The van der Waals surface area contributed by atoms with Crippen LogP contribution in [-0.2, 0) is 0 Å². The first-order chi connectivity index (χ1) is 8.84. The third kappa shape index (κ3) is 4.87. The van der Waals surface area contributed by atoms with E-state index >= 15 is 0 Å². The lowest BCUT2D eigenvalue weighted by atomic mass is 9.85. The molecule has 0 aromatic carbocycles. The molecule has 0 radical (unpaired) electrons. The van der Waals surface area contributed by atoms with Crippen molar-refractivity contribution in [1.82, 2.24) is 10.6 Å². The van der Waals surface area contributed by atoms with Crippen LogP contribution in [0.15, 0.2) is 0 Å². The molecule has 3 heteroatoms. The molecule has 0 unspecified atom stereocenters. The highest BCUT2D eigenvalue weighted by atomic mass is 16.2. The van der Waals surface area contributed by atoms with Crippen LogP contribution in [0, 0.1) is 11.8 Å². The second kappa shape index (κ2) is 7.65. The number of urea groups is 1. The molecule has 0 bridgehead atoms. The molecule has 0 heterocycles. The maximum absolute atomic E-state index is 11.5. The Morgan fingerprint density at radius 3 is 2.28 bits per heavy atom. The van der Waals surface area contributed by atoms with Crippen LogP contribution in [0.25, 0.3) is 0 Å². The van der Waals surface area contributed by atoms with Crippen molar-refractivity contribution >= 4 is 6.03 Å². The standard InChI is InChI=1S/C15H28N2O/c18-15(17-12-14-8-4-9-14)16-11-5-10-13-6-2-1-3-7-13/h13-14H,1-12H2,(H2,16,17,18). The molecule has 2 amide bonds. The third-order valence-electron chi connectivity index (χ3n) is 4.58. The average molecular weight is 252 g/mol. The maximum Gasteiger partial charge on any atom is 0.314 e. The number of rotatable bonds is 6. The van der Waals surface area contributed by atoms with E-state index < -0.39 is 0 Å². The predicted octanol–water partition coefficient (Wildman–Crippen LogP) is 3.45. The van der Waals surface area contributed by atoms with E-state index in [1.165, 1.54) is 57.8 Å². The number of nitrogens with one attached hydrogen (secondary N) is 2. The van der Waals surface area contributed by atoms with Gasteiger partial charge in [0.15, 0.2) is 0 Å². The average Bonchev–Trinajstić information content (AvgIpc) is 2.34. The van der Waals surface area contributed by atoms with Crippen LogP contribution in [0.5, 0.6) is 0 Å². The minimum absolute atomic E-state index is 0.0329. The molecule has 2 saturated carbocycles. The number of carbonyl (C=O) groups excluding carboxylic acids is 1. The molecule has 0 spiro atoms. The second-order valence-corrected chi connectivity index (χ2v) is 6.08. The summed E-state index contributed by atoms with van der Waals surface area (Å²) in [7, 11) is 0. The second-order valence-electron chi connectivity index (χ2n) is 6.08. The molecule has 3 nitrogen and oxygen atoms in total. The predicted molar refractivity (Wildman–Crippen MR) is 74.6 cm³/mol. The highest BCUT2D eigenvalue weighted by Crippen LogP contribution is 2.27. The molecular weight excluding hydrogens is 224 g/mol. The zero-order valence-corrected chi connectivity index (χ0v) is 11.5. The van der Waals surface area contributed by atoms with Crippen LogP contribution in [0.3, 0.4) is 0 Å². The van der Waals surface area contributed by atoms with E-state index in [0.29, 0.717) is 0 Å². The summed E-state index contributed by atoms with van der Waals surface area (Å²) in [5, 5.41) is 5.95. The van der Waals surface area contributed by atoms with Gasteiger partial charge in [-0.25, -0.2) is 4.79 Å². The van der Waals surface area contributed by atoms with Crippen LogP contribution in [0.1, 0.15) is 64.2 Å². The smallest absolute Gasteiger partial charge is 0.314 e.